The van der Waals surface area contributed by atoms with Gasteiger partial charge in [-0.2, -0.15) is 18.4 Å². The van der Waals surface area contributed by atoms with Crippen LogP contribution < -0.4 is 37.9 Å². The first-order chi connectivity index (χ1) is 57.0. The zero-order valence-corrected chi connectivity index (χ0v) is 76.4. The molecular weight excluding hydrogens is 2020 g/mol. The van der Waals surface area contributed by atoms with Gasteiger partial charge in [0.25, 0.3) is 51.2 Å². The molecule has 0 spiro atoms. The van der Waals surface area contributed by atoms with Crippen LogP contribution in [0.1, 0.15) is 22.3 Å². The number of nitrogens with two attached hydrogens (primary N) is 1. The molecule has 7 aliphatic rings. The minimum absolute atomic E-state index is 0.00762. The Morgan fingerprint density at radius 3 is 1.37 bits per heavy atom. The Balaban J connectivity index is 0.000000360. The van der Waals surface area contributed by atoms with Gasteiger partial charge in [-0.15, -0.1) is 0 Å². The van der Waals surface area contributed by atoms with Crippen LogP contribution in [0.3, 0.4) is 0 Å². The first-order valence-electron chi connectivity index (χ1n) is 34.5. The summed E-state index contributed by atoms with van der Waals surface area (Å²) in [6.45, 7) is 5.38. The van der Waals surface area contributed by atoms with Crippen LogP contribution in [-0.2, 0) is 101 Å². The van der Waals surface area contributed by atoms with E-state index in [2.05, 4.69) is 95.6 Å². The number of aryl methyl sites for hydroxylation is 1. The van der Waals surface area contributed by atoms with E-state index in [9.17, 15) is 100 Å². The molecule has 0 saturated carbocycles. The van der Waals surface area contributed by atoms with Gasteiger partial charge in [-0.3, -0.25) is 77.3 Å². The summed E-state index contributed by atoms with van der Waals surface area (Å²) in [5.74, 6) is -3.64. The number of hydrogen-bond acceptors (Lipinski definition) is 28. The number of nitro groups is 1. The zero-order chi connectivity index (χ0) is 91.5. The van der Waals surface area contributed by atoms with Crippen LogP contribution in [0.5, 0.6) is 0 Å². The van der Waals surface area contributed by atoms with Gasteiger partial charge in [-0.25, -0.2) is 55.1 Å². The first-order valence-corrected chi connectivity index (χ1v) is 48.0. The number of fused-ring (bicyclic) bond motifs is 1. The Kier molecular flexibility index (Phi) is 43.7. The number of benzene rings is 4. The number of carboxylic acids is 1. The molecular formula is C71H82I3N17O28SZn. The number of likely N-dealkylation sites (N-methyl/N-ethyl adjacent to an activating group) is 4. The second-order valence-electron chi connectivity index (χ2n) is 24.6. The van der Waals surface area contributed by atoms with E-state index in [4.69, 9.17) is 34.0 Å². The van der Waals surface area contributed by atoms with Crippen molar-refractivity contribution in [1.29, 1.82) is 0 Å². The van der Waals surface area contributed by atoms with E-state index in [0.717, 1.165) is 57.1 Å². The molecule has 9 N–H and O–H groups in total. The van der Waals surface area contributed by atoms with Crippen molar-refractivity contribution in [3.8, 4) is 0 Å². The predicted octanol–water partition coefficient (Wildman–Crippen LogP) is 2.56. The molecule has 5 atom stereocenters. The van der Waals surface area contributed by atoms with Gasteiger partial charge in [-0.05, 0) is 48.0 Å². The van der Waals surface area contributed by atoms with E-state index in [1.54, 1.807) is 12.1 Å². The van der Waals surface area contributed by atoms with Gasteiger partial charge >= 0.3 is 94.4 Å². The molecule has 0 bridgehead atoms. The van der Waals surface area contributed by atoms with Gasteiger partial charge < -0.3 is 70.9 Å². The third-order valence-corrected chi connectivity index (χ3v) is 19.1. The summed E-state index contributed by atoms with van der Waals surface area (Å²) in [4.78, 5) is 214. The molecule has 8 heterocycles. The topological polar surface area (TPSA) is 604 Å². The molecule has 12 rings (SSSR count). The average molecular weight is 2100 g/mol. The molecule has 4 saturated heterocycles. The molecule has 0 radical (unpaired) electrons. The molecule has 4 fully saturated rings. The summed E-state index contributed by atoms with van der Waals surface area (Å²) in [6, 6.07) is 23.4. The fourth-order valence-electron chi connectivity index (χ4n) is 9.35. The Morgan fingerprint density at radius 1 is 0.612 bits per heavy atom. The van der Waals surface area contributed by atoms with Crippen molar-refractivity contribution in [2.45, 2.75) is 61.7 Å². The number of nitro benzene ring substituents is 1. The number of ether oxygens (including phenoxy) is 3. The summed E-state index contributed by atoms with van der Waals surface area (Å²) in [5.41, 5.74) is 7.95. The van der Waals surface area contributed by atoms with Crippen molar-refractivity contribution in [2.24, 2.45) is 20.7 Å². The summed E-state index contributed by atoms with van der Waals surface area (Å²) in [5, 5.41) is 40.5. The van der Waals surface area contributed by atoms with Crippen LogP contribution >= 0.6 is 64.9 Å². The van der Waals surface area contributed by atoms with Crippen molar-refractivity contribution in [3.05, 3.63) is 159 Å². The monoisotopic (exact) mass is 2100 g/mol. The van der Waals surface area contributed by atoms with E-state index in [1.807, 2.05) is 90.2 Å². The molecule has 22 amide bonds. The Bertz CT molecular complexity index is 4890. The standard InChI is InChI=1S/C14H9N3O6.C12H14N2O5S.C12H14N2O3.C10H13NO3.C5H7IN2O2.C5H5IN2O2.C5H8N2O3.C5H5N2O2.C3H7NO2.HI.Zn/c1-16-13(19)9(15-14(16)20)6-8-7-2-5-12(18)23-11(7)4-3-10(8)17(21)22;1-8-3-5-9(6-4-8)20(17,18)19-7-10-11(15)14(2)12(16)13-10;1-14-11(15)10(13-12(14)16)8-17-7-9-5-3-2-4-6-9;11-9(10(12)13)7-14-6-8-4-2-1-3-5-8;2*1-8-4(9)3(2-6)7-5(8)10;1-7-4(9)3(2-8)6-5(7)10;1-3-4(8)7(2)5(9)6-3;1-4-3(5)6-2;;/h2-5H,6H2,1H3;3-6,10H,7H2,1-2H3,(H,13,16);2-6,10H,7-8H2,1H3,(H,13,16);1-5,9H,6-7,11H2,(H,12,13);3H,2H2,1H3,(H,7,10);2H2,1H3;3,8H,2H2,1H3,(H,6,10);1H2,2H3;1-2H3,(H,4,5);1H;/q;;;;;;;-1;;;+2/p-1. The van der Waals surface area contributed by atoms with E-state index in [-0.39, 0.29) is 101 Å². The van der Waals surface area contributed by atoms with E-state index in [0.29, 0.717) is 33.2 Å². The SMILES string of the molecule is CN1C(=O)N=C(CI)C1=O.CN1C(=O)N=C(Cc2c([N+](=O)[O-])ccc3oc(=O)ccc23)C1=O.CN1C(=O)NC(CI)C1=O.CN1C(=O)NC(CO)C1=O.CN1C(=O)NC(COCc2ccccc2)C1=O.CNC(=O)OC.Cc1ccc(S(=O)(=O)OCC2NC(=O)N(C)C2=O)cc1.NC(COCc1ccccc1)C(=O)O.[CH2-]C1=NC(=O)N(C)C1=O.[Zn+][I]. The number of carbonyl (C=O) groups is 16. The molecule has 5 unspecified atom stereocenters. The summed E-state index contributed by atoms with van der Waals surface area (Å²) >= 11 is 7.68. The van der Waals surface area contributed by atoms with Gasteiger partial charge in [0.1, 0.15) is 53.1 Å². The second-order valence-corrected chi connectivity index (χ2v) is 27.8. The maximum absolute atomic E-state index is 11.9. The number of aliphatic hydroxyl groups is 1. The zero-order valence-electron chi connectivity index (χ0n) is 66.1. The molecule has 1 aromatic heterocycles. The normalized spacial score (nSPS) is 17.6. The number of nitrogens with one attached hydrogen (secondary N) is 5. The number of amides is 22. The number of hydrogen-bond donors (Lipinski definition) is 8. The van der Waals surface area contributed by atoms with Crippen molar-refractivity contribution in [1.82, 2.24) is 60.9 Å². The average Bonchev–Trinajstić information content (AvgIpc) is 1.75. The minimum atomic E-state index is -3.94. The van der Waals surface area contributed by atoms with Gasteiger partial charge in [0.15, 0.2) is 0 Å². The molecule has 121 heavy (non-hydrogen) atoms. The van der Waals surface area contributed by atoms with Crippen LogP contribution in [0.2, 0.25) is 0 Å². The van der Waals surface area contributed by atoms with Gasteiger partial charge in [0.2, 0.25) is 0 Å². The Hall–Kier alpha value is -11.1. The van der Waals surface area contributed by atoms with Crippen molar-refractivity contribution in [2.75, 3.05) is 98.8 Å². The number of carboxylic acid groups (broad SMARTS) is 1. The first kappa shape index (κ1) is 104. The number of halogens is 3. The molecule has 648 valence electrons. The number of aliphatic hydroxyl groups excluding tert-OH is 1. The molecule has 5 aromatic rings. The maximum atomic E-state index is 11.9. The number of urea groups is 7. The fourth-order valence-corrected chi connectivity index (χ4v) is 11.4. The van der Waals surface area contributed by atoms with Crippen molar-refractivity contribution in [3.63, 3.8) is 0 Å². The van der Waals surface area contributed by atoms with Gasteiger partial charge in [-0.1, -0.05) is 124 Å². The molecule has 50 heteroatoms. The quantitative estimate of drug-likeness (QED) is 0.00678. The van der Waals surface area contributed by atoms with E-state index in [1.165, 1.54) is 109 Å². The van der Waals surface area contributed by atoms with E-state index >= 15 is 0 Å². The number of carbonyl (C=O) groups excluding carboxylic acids is 15. The number of aliphatic imine (C=N–C) groups is 3. The third-order valence-electron chi connectivity index (χ3n) is 16.2. The summed E-state index contributed by atoms with van der Waals surface area (Å²) in [7, 11) is 8.56. The van der Waals surface area contributed by atoms with Crippen LogP contribution in [0, 0.1) is 24.0 Å². The Morgan fingerprint density at radius 2 is 1.04 bits per heavy atom. The molecule has 7 aliphatic heterocycles. The number of aliphatic carboxylic acids is 1. The van der Waals surface area contributed by atoms with Crippen LogP contribution in [0.4, 0.5) is 44.0 Å². The van der Waals surface area contributed by atoms with E-state index < -0.39 is 111 Å². The third kappa shape index (κ3) is 31.4. The van der Waals surface area contributed by atoms with Gasteiger partial charge in [0, 0.05) is 94.7 Å². The van der Waals surface area contributed by atoms with Crippen LogP contribution in [-0.4, -0.2) is 300 Å². The number of alkyl halides is 2. The van der Waals surface area contributed by atoms with Crippen molar-refractivity contribution < 1.29 is 138 Å². The number of imide groups is 7. The Labute approximate surface area is 737 Å². The summed E-state index contributed by atoms with van der Waals surface area (Å²) in [6.07, 6.45) is -0.619. The number of methoxy groups -OCH3 is 1. The summed E-state index contributed by atoms with van der Waals surface area (Å²) < 4.78 is 49.4. The van der Waals surface area contributed by atoms with Gasteiger partial charge in [0.05, 0.1) is 56.6 Å². The number of nitrogens with zero attached hydrogens (tertiary/aromatic N) is 11. The number of rotatable bonds is 19. The number of alkyl carbamates (subject to hydrolysis) is 1. The second kappa shape index (κ2) is 50.8. The predicted molar refractivity (Wildman–Crippen MR) is 448 cm³/mol. The van der Waals surface area contributed by atoms with Crippen LogP contribution in [0.15, 0.2) is 138 Å². The fraction of sp³-hybridized carbons (Fsp3) is 0.338. The molecule has 4 aromatic carbocycles. The van der Waals surface area contributed by atoms with Crippen LogP contribution in [0.25, 0.3) is 11.0 Å². The van der Waals surface area contributed by atoms with Crippen molar-refractivity contribution >= 4 is 204 Å². The molecule has 45 nitrogen and oxygen atoms in total. The molecule has 0 aliphatic carbocycles.